The van der Waals surface area contributed by atoms with Crippen molar-refractivity contribution in [3.8, 4) is 5.75 Å². The second kappa shape index (κ2) is 20.1. The second-order valence-electron chi connectivity index (χ2n) is 17.1. The summed E-state index contributed by atoms with van der Waals surface area (Å²) >= 11 is 0. The van der Waals surface area contributed by atoms with Gasteiger partial charge in [0, 0.05) is 12.0 Å². The molecule has 0 aliphatic rings. The Bertz CT molecular complexity index is 1880. The Morgan fingerprint density at radius 3 is 1.72 bits per heavy atom. The highest BCUT2D eigenvalue weighted by molar-refractivity contribution is 6.99. The number of azide groups is 1. The lowest BCUT2D eigenvalue weighted by Gasteiger charge is -2.47. The number of carbonyl (C=O) groups is 1. The zero-order valence-corrected chi connectivity index (χ0v) is 37.8. The Balaban J connectivity index is 1.96. The fraction of sp³-hybridized carbons (Fsp3) is 0.444. The number of aliphatic hydroxyl groups excluding tert-OH is 1. The van der Waals surface area contributed by atoms with E-state index in [0.29, 0.717) is 5.75 Å². The van der Waals surface area contributed by atoms with Gasteiger partial charge in [-0.3, -0.25) is 4.79 Å². The van der Waals surface area contributed by atoms with Crippen molar-refractivity contribution in [3.63, 3.8) is 0 Å². The molecule has 0 unspecified atom stereocenters. The molecular formula is C45H62N4O7Si2. The molecule has 312 valence electrons. The molecule has 2 N–H and O–H groups in total. The molecule has 0 spiro atoms. The normalized spacial score (nSPS) is 15.0. The van der Waals surface area contributed by atoms with Crippen LogP contribution in [0, 0.1) is 0 Å². The molecule has 13 heteroatoms. The molecule has 0 fully saturated rings. The van der Waals surface area contributed by atoms with E-state index in [1.54, 1.807) is 7.11 Å². The Morgan fingerprint density at radius 2 is 1.26 bits per heavy atom. The Morgan fingerprint density at radius 1 is 0.759 bits per heavy atom. The van der Waals surface area contributed by atoms with Gasteiger partial charge in [0.2, 0.25) is 5.91 Å². The first kappa shape index (κ1) is 46.4. The average Bonchev–Trinajstić information content (AvgIpc) is 3.21. The van der Waals surface area contributed by atoms with Crippen LogP contribution in [0.3, 0.4) is 0 Å². The summed E-state index contributed by atoms with van der Waals surface area (Å²) in [7, 11) is -2.66. The maximum Gasteiger partial charge on any atom is 0.261 e. The van der Waals surface area contributed by atoms with E-state index in [0.717, 1.165) is 21.5 Å². The summed E-state index contributed by atoms with van der Waals surface area (Å²) in [5, 5.41) is 20.7. The zero-order valence-electron chi connectivity index (χ0n) is 35.8. The van der Waals surface area contributed by atoms with Crippen LogP contribution in [0.15, 0.2) is 120 Å². The van der Waals surface area contributed by atoms with Crippen molar-refractivity contribution in [2.75, 3.05) is 27.4 Å². The van der Waals surface area contributed by atoms with E-state index in [9.17, 15) is 15.4 Å². The van der Waals surface area contributed by atoms with E-state index in [1.165, 1.54) is 7.05 Å². The predicted molar refractivity (Wildman–Crippen MR) is 235 cm³/mol. The quantitative estimate of drug-likeness (QED) is 0.0399. The van der Waals surface area contributed by atoms with E-state index in [4.69, 9.17) is 23.1 Å². The van der Waals surface area contributed by atoms with Gasteiger partial charge in [-0.25, -0.2) is 0 Å². The molecule has 0 heterocycles. The summed E-state index contributed by atoms with van der Waals surface area (Å²) < 4.78 is 32.8. The van der Waals surface area contributed by atoms with Crippen LogP contribution in [0.4, 0.5) is 0 Å². The number of amides is 1. The van der Waals surface area contributed by atoms with Gasteiger partial charge in [0.15, 0.2) is 13.9 Å². The number of rotatable bonds is 20. The number of methoxy groups -OCH3 is 1. The van der Waals surface area contributed by atoms with Gasteiger partial charge < -0.3 is 33.5 Å². The van der Waals surface area contributed by atoms with E-state index in [1.807, 2.05) is 115 Å². The second-order valence-corrected chi connectivity index (χ2v) is 26.2. The molecule has 4 aromatic rings. The third-order valence-electron chi connectivity index (χ3n) is 11.2. The van der Waals surface area contributed by atoms with Crippen LogP contribution in [0.1, 0.15) is 52.7 Å². The van der Waals surface area contributed by atoms with Crippen LogP contribution in [-0.2, 0) is 36.3 Å². The molecule has 11 nitrogen and oxygen atoms in total. The molecule has 0 saturated heterocycles. The van der Waals surface area contributed by atoms with Gasteiger partial charge >= 0.3 is 0 Å². The average molecular weight is 827 g/mol. The number of nitrogens with zero attached hydrogens (tertiary/aromatic N) is 3. The standard InChI is InChI=1S/C45H62N4O7Si2/c1-43(2,3)57(9,10)55-32-39(50)40(53-30-35-26-28-36(52-8)29-27-35)41(54-31-34-20-14-11-15-21-34)45(48-49-46,42(51)47-7)33-56-58(44(4,5)6,37-22-16-12-17-23-37)38-24-18-13-19-25-38/h11-29,39-41,50H,30-33H2,1-10H3,(H,47,51)/t39-,40-,41+,45+/m1/s1. The molecule has 0 aliphatic heterocycles. The topological polar surface area (TPSA) is 144 Å². The van der Waals surface area contributed by atoms with Crippen LogP contribution in [0.25, 0.3) is 10.4 Å². The summed E-state index contributed by atoms with van der Waals surface area (Å²) in [5.74, 6) is 0.0199. The van der Waals surface area contributed by atoms with Gasteiger partial charge in [-0.15, -0.1) is 0 Å². The maximum atomic E-state index is 14.7. The monoisotopic (exact) mass is 826 g/mol. The smallest absolute Gasteiger partial charge is 0.261 e. The van der Waals surface area contributed by atoms with Crippen LogP contribution >= 0.6 is 0 Å². The van der Waals surface area contributed by atoms with Gasteiger partial charge in [-0.2, -0.15) is 0 Å². The van der Waals surface area contributed by atoms with E-state index in [2.05, 4.69) is 70.0 Å². The molecule has 4 aromatic carbocycles. The van der Waals surface area contributed by atoms with Gasteiger partial charge in [-0.1, -0.05) is 150 Å². The number of carbonyl (C=O) groups excluding carboxylic acids is 1. The summed E-state index contributed by atoms with van der Waals surface area (Å²) in [6.07, 6.45) is -3.99. The summed E-state index contributed by atoms with van der Waals surface area (Å²) in [5.41, 5.74) is 9.90. The number of aliphatic hydroxyl groups is 1. The molecule has 0 aliphatic carbocycles. The first-order valence-electron chi connectivity index (χ1n) is 19.7. The minimum absolute atomic E-state index is 0.00260. The minimum atomic E-state index is -3.34. The van der Waals surface area contributed by atoms with Crippen molar-refractivity contribution in [1.82, 2.24) is 5.32 Å². The van der Waals surface area contributed by atoms with Crippen LogP contribution in [0.5, 0.6) is 5.75 Å². The van der Waals surface area contributed by atoms with Crippen LogP contribution < -0.4 is 20.4 Å². The minimum Gasteiger partial charge on any atom is -0.497 e. The molecule has 0 bridgehead atoms. The number of nitrogens with one attached hydrogen (secondary N) is 1. The van der Waals surface area contributed by atoms with Gasteiger partial charge in [0.1, 0.15) is 24.1 Å². The molecule has 4 rings (SSSR count). The van der Waals surface area contributed by atoms with Gasteiger partial charge in [0.25, 0.3) is 8.32 Å². The van der Waals surface area contributed by atoms with Crippen LogP contribution in [0.2, 0.25) is 23.2 Å². The Labute approximate surface area is 346 Å². The largest absolute Gasteiger partial charge is 0.497 e. The summed E-state index contributed by atoms with van der Waals surface area (Å²) in [6.45, 7) is 16.4. The van der Waals surface area contributed by atoms with Crippen molar-refractivity contribution in [2.45, 2.75) is 102 Å². The van der Waals surface area contributed by atoms with E-state index in [-0.39, 0.29) is 24.9 Å². The molecule has 58 heavy (non-hydrogen) atoms. The summed E-state index contributed by atoms with van der Waals surface area (Å²) in [6, 6.07) is 36.8. The highest BCUT2D eigenvalue weighted by atomic mass is 28.4. The first-order valence-corrected chi connectivity index (χ1v) is 24.5. The Hall–Kier alpha value is -4.31. The van der Waals surface area contributed by atoms with Crippen LogP contribution in [-0.4, -0.2) is 78.9 Å². The zero-order chi connectivity index (χ0) is 42.6. The van der Waals surface area contributed by atoms with Crippen molar-refractivity contribution < 1.29 is 33.0 Å². The molecule has 4 atom stereocenters. The predicted octanol–water partition coefficient (Wildman–Crippen LogP) is 7.92. The third kappa shape index (κ3) is 10.8. The fourth-order valence-electron chi connectivity index (χ4n) is 6.87. The van der Waals surface area contributed by atoms with Crippen molar-refractivity contribution in [2.24, 2.45) is 5.11 Å². The number of hydrogen-bond acceptors (Lipinski definition) is 8. The fourth-order valence-corrected chi connectivity index (χ4v) is 12.5. The Kier molecular flexibility index (Phi) is 16.1. The number of likely N-dealkylation sites (N-methyl/N-ethyl adjacent to an activating group) is 1. The van der Waals surface area contributed by atoms with Crippen molar-refractivity contribution >= 4 is 32.9 Å². The molecule has 0 radical (unpaired) electrons. The van der Waals surface area contributed by atoms with Gasteiger partial charge in [0.05, 0.1) is 33.5 Å². The molecule has 1 amide bonds. The SMILES string of the molecule is CNC(=O)[C@@](CO[Si](c1ccccc1)(c1ccccc1)C(C)(C)C)(N=[N+]=[N-])[C@@H](OCc1ccccc1)[C@H](OCc1ccc(OC)cc1)[C@H](O)CO[Si](C)(C)C(C)(C)C. The molecular weight excluding hydrogens is 765 g/mol. The highest BCUT2D eigenvalue weighted by Crippen LogP contribution is 2.40. The van der Waals surface area contributed by atoms with E-state index < -0.39 is 58.0 Å². The number of benzene rings is 4. The number of hydrogen-bond donors (Lipinski definition) is 2. The lowest BCUT2D eigenvalue weighted by Crippen LogP contribution is -2.70. The maximum absolute atomic E-state index is 14.7. The molecule has 0 saturated carbocycles. The first-order chi connectivity index (χ1) is 27.5. The van der Waals surface area contributed by atoms with Gasteiger partial charge in [-0.05, 0) is 62.3 Å². The lowest BCUT2D eigenvalue weighted by atomic mass is 9.86. The summed E-state index contributed by atoms with van der Waals surface area (Å²) in [4.78, 5) is 18.0. The van der Waals surface area contributed by atoms with Crippen molar-refractivity contribution in [3.05, 3.63) is 137 Å². The third-order valence-corrected chi connectivity index (χ3v) is 20.7. The number of ether oxygens (including phenoxy) is 3. The highest BCUT2D eigenvalue weighted by Gasteiger charge is 2.57. The molecule has 0 aromatic heterocycles. The van der Waals surface area contributed by atoms with E-state index >= 15 is 0 Å². The lowest BCUT2D eigenvalue weighted by molar-refractivity contribution is -0.173. The van der Waals surface area contributed by atoms with Crippen molar-refractivity contribution in [1.29, 1.82) is 0 Å².